The Hall–Kier alpha value is -1.62. The Bertz CT molecular complexity index is 663. The van der Waals surface area contributed by atoms with Crippen LogP contribution >= 0.6 is 0 Å². The second kappa shape index (κ2) is 6.84. The molecule has 0 amide bonds. The van der Waals surface area contributed by atoms with Crippen LogP contribution in [0.15, 0.2) is 23.3 Å². The van der Waals surface area contributed by atoms with Gasteiger partial charge in [0.05, 0.1) is 0 Å². The molecule has 5 nitrogen and oxygen atoms in total. The summed E-state index contributed by atoms with van der Waals surface area (Å²) in [5, 5.41) is 9.72. The first-order valence-electron chi connectivity index (χ1n) is 9.59. The fourth-order valence-corrected chi connectivity index (χ4v) is 5.51. The maximum atomic E-state index is 12.0. The second-order valence-electron chi connectivity index (χ2n) is 8.62. The molecule has 0 aromatic heterocycles. The van der Waals surface area contributed by atoms with Crippen molar-refractivity contribution in [1.82, 2.24) is 0 Å². The first-order valence-corrected chi connectivity index (χ1v) is 9.59. The van der Waals surface area contributed by atoms with Crippen LogP contribution in [0.1, 0.15) is 59.3 Å². The van der Waals surface area contributed by atoms with E-state index in [1.54, 1.807) is 7.11 Å². The Morgan fingerprint density at radius 2 is 2.15 bits per heavy atom. The van der Waals surface area contributed by atoms with E-state index < -0.39 is 12.3 Å². The third-order valence-electron chi connectivity index (χ3n) is 7.38. The van der Waals surface area contributed by atoms with E-state index in [-0.39, 0.29) is 16.8 Å². The summed E-state index contributed by atoms with van der Waals surface area (Å²) < 4.78 is 10.3. The van der Waals surface area contributed by atoms with E-state index in [4.69, 9.17) is 9.47 Å². The molecule has 0 radical (unpaired) electrons. The Balaban J connectivity index is 1.88. The molecule has 144 valence electrons. The molecule has 1 saturated carbocycles. The largest absolute Gasteiger partial charge is 0.478 e. The van der Waals surface area contributed by atoms with Crippen molar-refractivity contribution in [3.05, 3.63) is 23.3 Å². The van der Waals surface area contributed by atoms with E-state index in [1.807, 2.05) is 12.2 Å². The molecule has 2 fully saturated rings. The van der Waals surface area contributed by atoms with Crippen molar-refractivity contribution >= 4 is 11.9 Å². The fourth-order valence-electron chi connectivity index (χ4n) is 5.51. The van der Waals surface area contributed by atoms with Gasteiger partial charge in [0.15, 0.2) is 0 Å². The molecule has 0 spiro atoms. The van der Waals surface area contributed by atoms with Crippen molar-refractivity contribution in [3.63, 3.8) is 0 Å². The molecular weight excluding hydrogens is 332 g/mol. The normalized spacial score (nSPS) is 41.5. The number of ether oxygens (including phenoxy) is 2. The number of carbonyl (C=O) groups is 2. The molecule has 0 aromatic rings. The minimum atomic E-state index is -0.783. The zero-order valence-electron chi connectivity index (χ0n) is 16.2. The summed E-state index contributed by atoms with van der Waals surface area (Å²) in [6, 6.07) is 0. The van der Waals surface area contributed by atoms with Crippen molar-refractivity contribution in [2.45, 2.75) is 65.6 Å². The third kappa shape index (κ3) is 3.00. The van der Waals surface area contributed by atoms with E-state index in [0.29, 0.717) is 29.4 Å². The SMILES string of the molecule is CO[C@@H]1C/C(=C\C[C@@]2(C)[C@H](C)CC[C@@]3(C)C(C(=O)O)=CCC[C@H]23)C(=O)O1. The monoisotopic (exact) mass is 362 g/mol. The van der Waals surface area contributed by atoms with Gasteiger partial charge in [0, 0.05) is 30.1 Å². The van der Waals surface area contributed by atoms with Crippen LogP contribution in [-0.4, -0.2) is 30.4 Å². The van der Waals surface area contributed by atoms with Crippen molar-refractivity contribution in [2.75, 3.05) is 7.11 Å². The highest BCUT2D eigenvalue weighted by molar-refractivity contribution is 5.90. The van der Waals surface area contributed by atoms with Gasteiger partial charge in [-0.1, -0.05) is 32.9 Å². The molecule has 0 unspecified atom stereocenters. The van der Waals surface area contributed by atoms with Gasteiger partial charge in [-0.2, -0.15) is 0 Å². The minimum Gasteiger partial charge on any atom is -0.478 e. The number of hydrogen-bond donors (Lipinski definition) is 1. The molecule has 0 aromatic carbocycles. The summed E-state index contributed by atoms with van der Waals surface area (Å²) in [4.78, 5) is 23.9. The van der Waals surface area contributed by atoms with Crippen molar-refractivity contribution in [1.29, 1.82) is 0 Å². The van der Waals surface area contributed by atoms with Gasteiger partial charge in [-0.3, -0.25) is 0 Å². The van der Waals surface area contributed by atoms with Crippen LogP contribution in [0.3, 0.4) is 0 Å². The van der Waals surface area contributed by atoms with E-state index in [0.717, 1.165) is 32.1 Å². The number of methoxy groups -OCH3 is 1. The number of allylic oxidation sites excluding steroid dienone is 2. The molecule has 3 rings (SSSR count). The van der Waals surface area contributed by atoms with Crippen LogP contribution in [0, 0.1) is 22.7 Å². The number of cyclic esters (lactones) is 1. The Morgan fingerprint density at radius 1 is 1.42 bits per heavy atom. The predicted molar refractivity (Wildman–Crippen MR) is 97.3 cm³/mol. The maximum absolute atomic E-state index is 12.0. The summed E-state index contributed by atoms with van der Waals surface area (Å²) in [7, 11) is 1.54. The van der Waals surface area contributed by atoms with Gasteiger partial charge in [-0.15, -0.1) is 0 Å². The van der Waals surface area contributed by atoms with Crippen LogP contribution in [0.2, 0.25) is 0 Å². The molecule has 26 heavy (non-hydrogen) atoms. The number of carbonyl (C=O) groups excluding carboxylic acids is 1. The van der Waals surface area contributed by atoms with Gasteiger partial charge in [-0.25, -0.2) is 9.59 Å². The van der Waals surface area contributed by atoms with Crippen LogP contribution in [-0.2, 0) is 19.1 Å². The molecule has 2 aliphatic carbocycles. The smallest absolute Gasteiger partial charge is 0.336 e. The Kier molecular flexibility index (Phi) is 5.04. The molecule has 5 heteroatoms. The predicted octanol–water partition coefficient (Wildman–Crippen LogP) is 4.09. The van der Waals surface area contributed by atoms with E-state index >= 15 is 0 Å². The van der Waals surface area contributed by atoms with Crippen LogP contribution in [0.5, 0.6) is 0 Å². The number of esters is 1. The van der Waals surface area contributed by atoms with Crippen molar-refractivity contribution in [3.8, 4) is 0 Å². The van der Waals surface area contributed by atoms with Crippen molar-refractivity contribution < 1.29 is 24.2 Å². The van der Waals surface area contributed by atoms with Gasteiger partial charge < -0.3 is 14.6 Å². The summed E-state index contributed by atoms with van der Waals surface area (Å²) in [5.74, 6) is -0.306. The quantitative estimate of drug-likeness (QED) is 0.602. The van der Waals surface area contributed by atoms with Gasteiger partial charge >= 0.3 is 11.9 Å². The van der Waals surface area contributed by atoms with E-state index in [2.05, 4.69) is 20.8 Å². The standard InChI is InChI=1S/C21H30O5/c1-13-8-10-21(3)15(18(22)23)6-5-7-16(21)20(13,2)11-9-14-12-17(25-4)26-19(14)24/h6,9,13,16-17H,5,7-8,10-12H2,1-4H3,(H,22,23)/b14-9+/t13-,16-,17+,20+,21+/m1/s1. The van der Waals surface area contributed by atoms with Gasteiger partial charge in [0.2, 0.25) is 6.29 Å². The Morgan fingerprint density at radius 3 is 2.77 bits per heavy atom. The summed E-state index contributed by atoms with van der Waals surface area (Å²) >= 11 is 0. The molecule has 1 aliphatic heterocycles. The first kappa shape index (κ1) is 19.2. The number of carboxylic acids is 1. The zero-order valence-corrected chi connectivity index (χ0v) is 16.2. The van der Waals surface area contributed by atoms with Gasteiger partial charge in [0.1, 0.15) is 0 Å². The lowest BCUT2D eigenvalue weighted by atomic mass is 9.47. The minimum absolute atomic E-state index is 0.0413. The van der Waals surface area contributed by atoms with Crippen LogP contribution < -0.4 is 0 Å². The molecule has 1 heterocycles. The van der Waals surface area contributed by atoms with Gasteiger partial charge in [0.25, 0.3) is 0 Å². The van der Waals surface area contributed by atoms with Crippen LogP contribution in [0.25, 0.3) is 0 Å². The summed E-state index contributed by atoms with van der Waals surface area (Å²) in [6.45, 7) is 6.66. The van der Waals surface area contributed by atoms with E-state index in [9.17, 15) is 14.7 Å². The molecule has 3 aliphatic rings. The average molecular weight is 362 g/mol. The number of carboxylic acid groups (broad SMARTS) is 1. The molecule has 5 atom stereocenters. The summed E-state index contributed by atoms with van der Waals surface area (Å²) in [5.41, 5.74) is 0.928. The summed E-state index contributed by atoms with van der Waals surface area (Å²) in [6.07, 6.45) is 8.44. The number of fused-ring (bicyclic) bond motifs is 1. The maximum Gasteiger partial charge on any atom is 0.336 e. The zero-order chi connectivity index (χ0) is 19.1. The molecule has 1 N–H and O–H groups in total. The highest BCUT2D eigenvalue weighted by Gasteiger charge is 2.55. The lowest BCUT2D eigenvalue weighted by molar-refractivity contribution is -0.156. The fraction of sp³-hybridized carbons (Fsp3) is 0.714. The molecule has 0 bridgehead atoms. The topological polar surface area (TPSA) is 72.8 Å². The highest BCUT2D eigenvalue weighted by Crippen LogP contribution is 2.61. The number of rotatable bonds is 4. The molecular formula is C21H30O5. The highest BCUT2D eigenvalue weighted by atomic mass is 16.7. The lowest BCUT2D eigenvalue weighted by Gasteiger charge is -2.57. The molecule has 1 saturated heterocycles. The average Bonchev–Trinajstić information content (AvgIpc) is 2.96. The van der Waals surface area contributed by atoms with Gasteiger partial charge in [-0.05, 0) is 49.4 Å². The van der Waals surface area contributed by atoms with Crippen LogP contribution in [0.4, 0.5) is 0 Å². The third-order valence-corrected chi connectivity index (χ3v) is 7.38. The first-order chi connectivity index (χ1) is 12.2. The number of hydrogen-bond acceptors (Lipinski definition) is 4. The van der Waals surface area contributed by atoms with Crippen molar-refractivity contribution in [2.24, 2.45) is 22.7 Å². The number of aliphatic carboxylic acids is 1. The Labute approximate surface area is 155 Å². The lowest BCUT2D eigenvalue weighted by Crippen LogP contribution is -2.50. The van der Waals surface area contributed by atoms with E-state index in [1.165, 1.54) is 0 Å². The second-order valence-corrected chi connectivity index (χ2v) is 8.62.